The van der Waals surface area contributed by atoms with Gasteiger partial charge < -0.3 is 19.6 Å². The third kappa shape index (κ3) is 4.49. The lowest BCUT2D eigenvalue weighted by molar-refractivity contribution is -0.0198. The molecule has 0 saturated carbocycles. The summed E-state index contributed by atoms with van der Waals surface area (Å²) in [6, 6.07) is 0.0170. The molecule has 6 heteroatoms. The highest BCUT2D eigenvalue weighted by molar-refractivity contribution is 5.83. The van der Waals surface area contributed by atoms with Gasteiger partial charge >= 0.3 is 0 Å². The average Bonchev–Trinajstić information content (AvgIpc) is 2.46. The Morgan fingerprint density at radius 3 is 3.00 bits per heavy atom. The van der Waals surface area contributed by atoms with Gasteiger partial charge in [0.1, 0.15) is 6.04 Å². The first-order chi connectivity index (χ1) is 9.29. The monoisotopic (exact) mass is 269 g/mol. The molecule has 2 aliphatic rings. The Balaban J connectivity index is 1.64. The molecular formula is C13H23N3O3. The summed E-state index contributed by atoms with van der Waals surface area (Å²) in [4.78, 5) is 9.85. The molecule has 0 aliphatic carbocycles. The molecule has 0 spiro atoms. The second kappa shape index (κ2) is 7.47. The predicted octanol–water partition coefficient (Wildman–Crippen LogP) is 0.812. The first-order valence-corrected chi connectivity index (χ1v) is 6.77. The zero-order valence-electron chi connectivity index (χ0n) is 11.6. The number of allylic oxidation sites excluding steroid dienone is 1. The topological polar surface area (TPSA) is 64.1 Å². The Labute approximate surface area is 114 Å². The fraction of sp³-hybridized carbons (Fsp3) is 0.769. The minimum Gasteiger partial charge on any atom is -0.483 e. The SMILES string of the molecule is COC1=NC(C)=CNC1CNOCC1CCOCC1. The van der Waals surface area contributed by atoms with Gasteiger partial charge in [-0.05, 0) is 25.7 Å². The van der Waals surface area contributed by atoms with E-state index in [0.29, 0.717) is 18.4 Å². The van der Waals surface area contributed by atoms with Crippen molar-refractivity contribution in [1.82, 2.24) is 10.8 Å². The van der Waals surface area contributed by atoms with Gasteiger partial charge in [0.25, 0.3) is 0 Å². The van der Waals surface area contributed by atoms with Gasteiger partial charge in [-0.3, -0.25) is 0 Å². The molecule has 2 heterocycles. The molecular weight excluding hydrogens is 246 g/mol. The van der Waals surface area contributed by atoms with Gasteiger partial charge in [0.2, 0.25) is 5.90 Å². The summed E-state index contributed by atoms with van der Waals surface area (Å²) in [5.74, 6) is 1.28. The quantitative estimate of drug-likeness (QED) is 0.571. The van der Waals surface area contributed by atoms with Gasteiger partial charge in [-0.15, -0.1) is 0 Å². The number of hydrogen-bond donors (Lipinski definition) is 2. The highest BCUT2D eigenvalue weighted by Crippen LogP contribution is 2.14. The van der Waals surface area contributed by atoms with Crippen LogP contribution in [0, 0.1) is 5.92 Å². The van der Waals surface area contributed by atoms with Crippen molar-refractivity contribution in [2.45, 2.75) is 25.8 Å². The van der Waals surface area contributed by atoms with Crippen LogP contribution in [-0.4, -0.2) is 45.4 Å². The molecule has 0 aromatic rings. The Hall–Kier alpha value is -1.11. The van der Waals surface area contributed by atoms with E-state index < -0.39 is 0 Å². The lowest BCUT2D eigenvalue weighted by Gasteiger charge is -2.24. The van der Waals surface area contributed by atoms with Crippen LogP contribution in [-0.2, 0) is 14.3 Å². The molecule has 0 amide bonds. The zero-order chi connectivity index (χ0) is 13.5. The van der Waals surface area contributed by atoms with Gasteiger partial charge in [-0.2, -0.15) is 5.48 Å². The fourth-order valence-corrected chi connectivity index (χ4v) is 2.14. The van der Waals surface area contributed by atoms with E-state index in [4.69, 9.17) is 14.3 Å². The molecule has 108 valence electrons. The third-order valence-electron chi connectivity index (χ3n) is 3.34. The number of ether oxygens (including phenoxy) is 2. The number of hydrogen-bond acceptors (Lipinski definition) is 6. The minimum absolute atomic E-state index is 0.0170. The van der Waals surface area contributed by atoms with Gasteiger partial charge in [0.05, 0.1) is 26.0 Å². The summed E-state index contributed by atoms with van der Waals surface area (Å²) in [5, 5.41) is 3.23. The van der Waals surface area contributed by atoms with E-state index in [2.05, 4.69) is 15.8 Å². The van der Waals surface area contributed by atoms with Crippen LogP contribution < -0.4 is 10.8 Å². The molecule has 2 aliphatic heterocycles. The van der Waals surface area contributed by atoms with Crippen molar-refractivity contribution < 1.29 is 14.3 Å². The summed E-state index contributed by atoms with van der Waals surface area (Å²) in [5.41, 5.74) is 3.90. The summed E-state index contributed by atoms with van der Waals surface area (Å²) in [7, 11) is 1.63. The van der Waals surface area contributed by atoms with E-state index in [-0.39, 0.29) is 6.04 Å². The van der Waals surface area contributed by atoms with E-state index in [1.807, 2.05) is 13.1 Å². The number of nitrogens with zero attached hydrogens (tertiary/aromatic N) is 1. The smallest absolute Gasteiger partial charge is 0.212 e. The van der Waals surface area contributed by atoms with Crippen LogP contribution in [0.4, 0.5) is 0 Å². The van der Waals surface area contributed by atoms with Crippen LogP contribution in [0.25, 0.3) is 0 Å². The maximum atomic E-state index is 5.52. The largest absolute Gasteiger partial charge is 0.483 e. The van der Waals surface area contributed by atoms with Crippen LogP contribution in [0.1, 0.15) is 19.8 Å². The van der Waals surface area contributed by atoms with Gasteiger partial charge in [0.15, 0.2) is 0 Å². The van der Waals surface area contributed by atoms with Crippen molar-refractivity contribution in [3.8, 4) is 0 Å². The van der Waals surface area contributed by atoms with E-state index in [0.717, 1.165) is 38.4 Å². The molecule has 0 aromatic carbocycles. The zero-order valence-corrected chi connectivity index (χ0v) is 11.6. The lowest BCUT2D eigenvalue weighted by Crippen LogP contribution is -2.45. The summed E-state index contributed by atoms with van der Waals surface area (Å²) in [6.07, 6.45) is 4.04. The first kappa shape index (κ1) is 14.3. The summed E-state index contributed by atoms with van der Waals surface area (Å²) >= 11 is 0. The number of rotatable bonds is 5. The van der Waals surface area contributed by atoms with Gasteiger partial charge in [0, 0.05) is 19.4 Å². The van der Waals surface area contributed by atoms with Crippen molar-refractivity contribution in [1.29, 1.82) is 0 Å². The van der Waals surface area contributed by atoms with Gasteiger partial charge in [-0.1, -0.05) is 0 Å². The van der Waals surface area contributed by atoms with Crippen LogP contribution >= 0.6 is 0 Å². The molecule has 1 atom stereocenters. The molecule has 2 N–H and O–H groups in total. The molecule has 1 saturated heterocycles. The average molecular weight is 269 g/mol. The van der Waals surface area contributed by atoms with Crippen molar-refractivity contribution in [2.24, 2.45) is 10.9 Å². The van der Waals surface area contributed by atoms with Crippen LogP contribution in [0.5, 0.6) is 0 Å². The lowest BCUT2D eigenvalue weighted by atomic mass is 10.0. The Kier molecular flexibility index (Phi) is 5.62. The number of methoxy groups -OCH3 is 1. The van der Waals surface area contributed by atoms with Crippen molar-refractivity contribution >= 4 is 5.90 Å². The fourth-order valence-electron chi connectivity index (χ4n) is 2.14. The van der Waals surface area contributed by atoms with E-state index >= 15 is 0 Å². The highest BCUT2D eigenvalue weighted by Gasteiger charge is 2.19. The summed E-state index contributed by atoms with van der Waals surface area (Å²) in [6.45, 7) is 4.98. The summed E-state index contributed by atoms with van der Waals surface area (Å²) < 4.78 is 10.6. The number of aliphatic imine (C=N–C) groups is 1. The van der Waals surface area contributed by atoms with Crippen LogP contribution in [0.2, 0.25) is 0 Å². The number of hydroxylamine groups is 1. The normalized spacial score (nSPS) is 24.4. The molecule has 0 bridgehead atoms. The minimum atomic E-state index is 0.0170. The van der Waals surface area contributed by atoms with E-state index in [9.17, 15) is 0 Å². The molecule has 0 radical (unpaired) electrons. The second-order valence-electron chi connectivity index (χ2n) is 4.87. The second-order valence-corrected chi connectivity index (χ2v) is 4.87. The Morgan fingerprint density at radius 2 is 2.26 bits per heavy atom. The van der Waals surface area contributed by atoms with E-state index in [1.165, 1.54) is 0 Å². The van der Waals surface area contributed by atoms with Crippen LogP contribution in [0.3, 0.4) is 0 Å². The molecule has 6 nitrogen and oxygen atoms in total. The maximum absolute atomic E-state index is 5.52. The third-order valence-corrected chi connectivity index (χ3v) is 3.34. The molecule has 1 unspecified atom stereocenters. The molecule has 2 rings (SSSR count). The van der Waals surface area contributed by atoms with Crippen molar-refractivity contribution in [3.05, 3.63) is 11.9 Å². The van der Waals surface area contributed by atoms with Crippen molar-refractivity contribution in [3.63, 3.8) is 0 Å². The van der Waals surface area contributed by atoms with Crippen LogP contribution in [0.15, 0.2) is 16.9 Å². The van der Waals surface area contributed by atoms with Gasteiger partial charge in [-0.25, -0.2) is 4.99 Å². The standard InChI is InChI=1S/C13H23N3O3/c1-10-7-14-12(13(16-10)17-2)8-15-19-9-11-3-5-18-6-4-11/h7,11-12,14-15H,3-6,8-9H2,1-2H3. The van der Waals surface area contributed by atoms with E-state index in [1.54, 1.807) is 7.11 Å². The first-order valence-electron chi connectivity index (χ1n) is 6.77. The Morgan fingerprint density at radius 1 is 1.47 bits per heavy atom. The highest BCUT2D eigenvalue weighted by atomic mass is 16.6. The van der Waals surface area contributed by atoms with Crippen molar-refractivity contribution in [2.75, 3.05) is 33.5 Å². The maximum Gasteiger partial charge on any atom is 0.212 e. The molecule has 0 aromatic heterocycles. The molecule has 1 fully saturated rings. The predicted molar refractivity (Wildman–Crippen MR) is 72.6 cm³/mol. The Bertz CT molecular complexity index is 338. The number of nitrogens with one attached hydrogen (secondary N) is 2. The molecule has 19 heavy (non-hydrogen) atoms.